The second-order valence-electron chi connectivity index (χ2n) is 2.34. The van der Waals surface area contributed by atoms with Crippen LogP contribution in [0.25, 0.3) is 0 Å². The van der Waals surface area contributed by atoms with Gasteiger partial charge < -0.3 is 4.74 Å². The minimum Gasteiger partial charge on any atom is -0.469 e. The number of carbonyl (C=O) groups is 3. The van der Waals surface area contributed by atoms with E-state index >= 15 is 0 Å². The number of hydrogen-bond acceptors (Lipinski definition) is 4. The highest BCUT2D eigenvalue weighted by atomic mass is 16.5. The number of esters is 1. The molecule has 1 heterocycles. The van der Waals surface area contributed by atoms with Gasteiger partial charge in [0.15, 0.2) is 0 Å². The Bertz CT molecular complexity index is 267. The SMILES string of the molecule is CC1=CC(=O)NC1=O.COC(C)=O. The summed E-state index contributed by atoms with van der Waals surface area (Å²) in [6, 6.07) is 0. The second-order valence-corrected chi connectivity index (χ2v) is 2.34. The Morgan fingerprint density at radius 2 is 1.92 bits per heavy atom. The van der Waals surface area contributed by atoms with E-state index in [-0.39, 0.29) is 17.8 Å². The van der Waals surface area contributed by atoms with Gasteiger partial charge in [-0.2, -0.15) is 0 Å². The Kier molecular flexibility index (Phi) is 4.43. The first-order chi connectivity index (χ1) is 5.97. The quantitative estimate of drug-likeness (QED) is 0.418. The van der Waals surface area contributed by atoms with Crippen LogP contribution in [0.5, 0.6) is 0 Å². The molecule has 0 bridgehead atoms. The lowest BCUT2D eigenvalue weighted by Crippen LogP contribution is -2.21. The van der Waals surface area contributed by atoms with Crippen LogP contribution in [0.2, 0.25) is 0 Å². The molecule has 0 unspecified atom stereocenters. The van der Waals surface area contributed by atoms with Crippen molar-refractivity contribution in [2.75, 3.05) is 7.11 Å². The van der Waals surface area contributed by atoms with E-state index in [1.807, 2.05) is 0 Å². The summed E-state index contributed by atoms with van der Waals surface area (Å²) in [5.41, 5.74) is 0.481. The number of rotatable bonds is 0. The number of ether oxygens (including phenoxy) is 1. The van der Waals surface area contributed by atoms with Gasteiger partial charge in [0.1, 0.15) is 0 Å². The zero-order chi connectivity index (χ0) is 10.4. The molecule has 0 aromatic heterocycles. The molecule has 2 amide bonds. The third-order valence-corrected chi connectivity index (χ3v) is 1.23. The first kappa shape index (κ1) is 11.4. The molecule has 5 heteroatoms. The van der Waals surface area contributed by atoms with Crippen LogP contribution in [0.1, 0.15) is 13.8 Å². The van der Waals surface area contributed by atoms with Crippen molar-refractivity contribution in [2.45, 2.75) is 13.8 Å². The maximum absolute atomic E-state index is 10.4. The average Bonchev–Trinajstić information content (AvgIpc) is 2.31. The number of amides is 2. The molecule has 0 saturated heterocycles. The first-order valence-electron chi connectivity index (χ1n) is 3.55. The van der Waals surface area contributed by atoms with Gasteiger partial charge in [0, 0.05) is 18.6 Å². The van der Waals surface area contributed by atoms with Crippen LogP contribution in [0, 0.1) is 0 Å². The van der Waals surface area contributed by atoms with Crippen molar-refractivity contribution in [3.05, 3.63) is 11.6 Å². The van der Waals surface area contributed by atoms with Gasteiger partial charge in [-0.15, -0.1) is 0 Å². The zero-order valence-electron chi connectivity index (χ0n) is 7.71. The molecule has 1 rings (SSSR count). The van der Waals surface area contributed by atoms with Crippen molar-refractivity contribution < 1.29 is 19.1 Å². The van der Waals surface area contributed by atoms with Crippen molar-refractivity contribution in [2.24, 2.45) is 0 Å². The highest BCUT2D eigenvalue weighted by molar-refractivity contribution is 6.15. The van der Waals surface area contributed by atoms with Gasteiger partial charge >= 0.3 is 5.97 Å². The molecule has 1 aliphatic heterocycles. The van der Waals surface area contributed by atoms with E-state index in [4.69, 9.17) is 0 Å². The van der Waals surface area contributed by atoms with Crippen LogP contribution in [-0.2, 0) is 19.1 Å². The van der Waals surface area contributed by atoms with E-state index < -0.39 is 0 Å². The number of methoxy groups -OCH3 is 1. The van der Waals surface area contributed by atoms with Gasteiger partial charge in [-0.1, -0.05) is 0 Å². The van der Waals surface area contributed by atoms with Gasteiger partial charge in [0.25, 0.3) is 11.8 Å². The number of carbonyl (C=O) groups excluding carboxylic acids is 3. The average molecular weight is 185 g/mol. The topological polar surface area (TPSA) is 72.5 Å². The van der Waals surface area contributed by atoms with Crippen LogP contribution in [0.3, 0.4) is 0 Å². The van der Waals surface area contributed by atoms with Crippen LogP contribution < -0.4 is 5.32 Å². The fraction of sp³-hybridized carbons (Fsp3) is 0.375. The van der Waals surface area contributed by atoms with Gasteiger partial charge in [-0.05, 0) is 6.92 Å². The van der Waals surface area contributed by atoms with Crippen LogP contribution in [-0.4, -0.2) is 24.9 Å². The van der Waals surface area contributed by atoms with E-state index in [9.17, 15) is 14.4 Å². The molecular weight excluding hydrogens is 174 g/mol. The zero-order valence-corrected chi connectivity index (χ0v) is 7.71. The van der Waals surface area contributed by atoms with Crippen LogP contribution in [0.15, 0.2) is 11.6 Å². The number of nitrogens with one attached hydrogen (secondary N) is 1. The van der Waals surface area contributed by atoms with Crippen LogP contribution >= 0.6 is 0 Å². The Morgan fingerprint density at radius 1 is 1.46 bits per heavy atom. The molecular formula is C8H11NO4. The highest BCUT2D eigenvalue weighted by Gasteiger charge is 2.15. The molecule has 0 saturated carbocycles. The Labute approximate surface area is 75.8 Å². The summed E-state index contributed by atoms with van der Waals surface area (Å²) in [6.07, 6.45) is 1.28. The number of hydrogen-bond donors (Lipinski definition) is 1. The van der Waals surface area contributed by atoms with Crippen LogP contribution in [0.4, 0.5) is 0 Å². The molecule has 0 aliphatic carbocycles. The molecule has 72 valence electrons. The third kappa shape index (κ3) is 4.73. The predicted octanol–water partition coefficient (Wildman–Crippen LogP) is -0.232. The van der Waals surface area contributed by atoms with E-state index in [0.717, 1.165) is 0 Å². The molecule has 0 atom stereocenters. The van der Waals surface area contributed by atoms with Crippen molar-refractivity contribution in [1.29, 1.82) is 0 Å². The molecule has 0 aromatic rings. The smallest absolute Gasteiger partial charge is 0.302 e. The maximum atomic E-state index is 10.4. The van der Waals surface area contributed by atoms with E-state index in [0.29, 0.717) is 5.57 Å². The van der Waals surface area contributed by atoms with Gasteiger partial charge in [-0.3, -0.25) is 19.7 Å². The second kappa shape index (κ2) is 5.08. The molecule has 1 N–H and O–H groups in total. The van der Waals surface area contributed by atoms with E-state index in [1.54, 1.807) is 6.92 Å². The molecule has 0 fully saturated rings. The first-order valence-corrected chi connectivity index (χ1v) is 3.55. The summed E-state index contributed by atoms with van der Waals surface area (Å²) in [5, 5.41) is 2.10. The summed E-state index contributed by atoms with van der Waals surface area (Å²) in [7, 11) is 1.35. The Balaban J connectivity index is 0.000000252. The Hall–Kier alpha value is -1.65. The van der Waals surface area contributed by atoms with Crippen molar-refractivity contribution >= 4 is 17.8 Å². The fourth-order valence-corrected chi connectivity index (χ4v) is 0.509. The normalized spacial score (nSPS) is 13.9. The minimum absolute atomic E-state index is 0.245. The molecule has 1 aliphatic rings. The van der Waals surface area contributed by atoms with E-state index in [2.05, 4.69) is 10.1 Å². The predicted molar refractivity (Wildman–Crippen MR) is 44.6 cm³/mol. The van der Waals surface area contributed by atoms with Gasteiger partial charge in [0.05, 0.1) is 7.11 Å². The summed E-state index contributed by atoms with van der Waals surface area (Å²) in [6.45, 7) is 2.96. The third-order valence-electron chi connectivity index (χ3n) is 1.23. The maximum Gasteiger partial charge on any atom is 0.302 e. The summed E-state index contributed by atoms with van der Waals surface area (Å²) in [4.78, 5) is 30.2. The lowest BCUT2D eigenvalue weighted by atomic mass is 10.3. The molecule has 5 nitrogen and oxygen atoms in total. The molecule has 0 aromatic carbocycles. The summed E-state index contributed by atoms with van der Waals surface area (Å²) in [5.74, 6) is -0.840. The lowest BCUT2D eigenvalue weighted by Gasteiger charge is -1.84. The van der Waals surface area contributed by atoms with Crippen molar-refractivity contribution in [3.8, 4) is 0 Å². The number of imide groups is 1. The van der Waals surface area contributed by atoms with Gasteiger partial charge in [-0.25, -0.2) is 0 Å². The monoisotopic (exact) mass is 185 g/mol. The standard InChI is InChI=1S/C5H5NO2.C3H6O2/c1-3-2-4(7)6-5(3)8;1-3(4)5-2/h2H,1H3,(H,6,7,8);1-2H3. The lowest BCUT2D eigenvalue weighted by molar-refractivity contribution is -0.138. The molecule has 0 spiro atoms. The summed E-state index contributed by atoms with van der Waals surface area (Å²) >= 11 is 0. The van der Waals surface area contributed by atoms with Crippen molar-refractivity contribution in [1.82, 2.24) is 5.32 Å². The molecule has 0 radical (unpaired) electrons. The largest absolute Gasteiger partial charge is 0.469 e. The van der Waals surface area contributed by atoms with Gasteiger partial charge in [0.2, 0.25) is 0 Å². The highest BCUT2D eigenvalue weighted by Crippen LogP contribution is 1.97. The Morgan fingerprint density at radius 3 is 2.00 bits per heavy atom. The molecule has 13 heavy (non-hydrogen) atoms. The van der Waals surface area contributed by atoms with E-state index in [1.165, 1.54) is 20.1 Å². The fourth-order valence-electron chi connectivity index (χ4n) is 0.509. The summed E-state index contributed by atoms with van der Waals surface area (Å²) < 4.78 is 4.11. The minimum atomic E-state index is -0.312. The van der Waals surface area contributed by atoms with Crippen molar-refractivity contribution in [3.63, 3.8) is 0 Å².